The number of phenols is 1. The molecular formula is C22H21NO. The van der Waals surface area contributed by atoms with Gasteiger partial charge in [-0.2, -0.15) is 0 Å². The van der Waals surface area contributed by atoms with E-state index in [9.17, 15) is 5.11 Å². The fraction of sp³-hybridized carbons (Fsp3) is 0.182. The van der Waals surface area contributed by atoms with Crippen LogP contribution in [0.4, 0.5) is 11.4 Å². The van der Waals surface area contributed by atoms with Crippen LogP contribution < -0.4 is 4.90 Å². The van der Waals surface area contributed by atoms with E-state index in [4.69, 9.17) is 0 Å². The third-order valence-corrected chi connectivity index (χ3v) is 4.84. The molecular weight excluding hydrogens is 294 g/mol. The normalized spacial score (nSPS) is 16.7. The van der Waals surface area contributed by atoms with Gasteiger partial charge in [0, 0.05) is 11.4 Å². The van der Waals surface area contributed by atoms with E-state index < -0.39 is 0 Å². The van der Waals surface area contributed by atoms with Crippen LogP contribution in [0, 0.1) is 6.92 Å². The first-order valence-corrected chi connectivity index (χ1v) is 8.45. The molecule has 1 unspecified atom stereocenters. The quantitative estimate of drug-likeness (QED) is 0.672. The summed E-state index contributed by atoms with van der Waals surface area (Å²) in [5.41, 5.74) is 6.38. The summed E-state index contributed by atoms with van der Waals surface area (Å²) in [7, 11) is 0. The summed E-state index contributed by atoms with van der Waals surface area (Å²) in [6, 6.07) is 25.3. The standard InChI is InChI=1S/C22H21NO/c1-16-6-8-18(9-7-16)22-15-10-17-4-2-3-5-21(17)23(22)19-11-13-20(24)14-12-19/h2-9,11-14,22,24H,10,15H2,1H3. The SMILES string of the molecule is Cc1ccc(C2CCc3ccccc3N2c2ccc(O)cc2)cc1. The molecule has 2 heteroatoms. The van der Waals surface area contributed by atoms with Gasteiger partial charge in [0.15, 0.2) is 0 Å². The number of nitrogens with zero attached hydrogens (tertiary/aromatic N) is 1. The van der Waals surface area contributed by atoms with Gasteiger partial charge in [0.05, 0.1) is 6.04 Å². The van der Waals surface area contributed by atoms with Crippen molar-refractivity contribution < 1.29 is 5.11 Å². The molecule has 3 aromatic carbocycles. The number of hydrogen-bond donors (Lipinski definition) is 1. The molecule has 1 aliphatic rings. The average molecular weight is 315 g/mol. The number of phenolic OH excluding ortho intramolecular Hbond substituents is 1. The second-order valence-electron chi connectivity index (χ2n) is 6.48. The number of rotatable bonds is 2. The topological polar surface area (TPSA) is 23.5 Å². The number of aromatic hydroxyl groups is 1. The van der Waals surface area contributed by atoms with E-state index in [1.54, 1.807) is 12.1 Å². The molecule has 0 amide bonds. The summed E-state index contributed by atoms with van der Waals surface area (Å²) in [6.07, 6.45) is 2.17. The summed E-state index contributed by atoms with van der Waals surface area (Å²) in [5.74, 6) is 0.302. The molecule has 24 heavy (non-hydrogen) atoms. The summed E-state index contributed by atoms with van der Waals surface area (Å²) in [4.78, 5) is 2.41. The smallest absolute Gasteiger partial charge is 0.115 e. The Bertz CT molecular complexity index is 837. The molecule has 3 aromatic rings. The van der Waals surface area contributed by atoms with Crippen LogP contribution in [0.3, 0.4) is 0 Å². The number of aryl methyl sites for hydroxylation is 2. The number of hydrogen-bond acceptors (Lipinski definition) is 2. The van der Waals surface area contributed by atoms with Gasteiger partial charge >= 0.3 is 0 Å². The maximum absolute atomic E-state index is 9.65. The molecule has 4 rings (SSSR count). The highest BCUT2D eigenvalue weighted by atomic mass is 16.3. The molecule has 1 N–H and O–H groups in total. The predicted octanol–water partition coefficient (Wildman–Crippen LogP) is 5.53. The van der Waals surface area contributed by atoms with Crippen molar-refractivity contribution in [2.45, 2.75) is 25.8 Å². The van der Waals surface area contributed by atoms with Crippen molar-refractivity contribution in [3.8, 4) is 5.75 Å². The van der Waals surface area contributed by atoms with Gasteiger partial charge in [-0.25, -0.2) is 0 Å². The third kappa shape index (κ3) is 2.65. The molecule has 0 bridgehead atoms. The molecule has 0 saturated carbocycles. The Kier molecular flexibility index (Phi) is 3.73. The molecule has 0 aromatic heterocycles. The van der Waals surface area contributed by atoms with Crippen LogP contribution in [0.15, 0.2) is 72.8 Å². The molecule has 120 valence electrons. The lowest BCUT2D eigenvalue weighted by Gasteiger charge is -2.39. The summed E-state index contributed by atoms with van der Waals surface area (Å²) < 4.78 is 0. The molecule has 0 aliphatic carbocycles. The zero-order valence-corrected chi connectivity index (χ0v) is 13.8. The van der Waals surface area contributed by atoms with E-state index in [-0.39, 0.29) is 0 Å². The van der Waals surface area contributed by atoms with Crippen molar-refractivity contribution in [1.29, 1.82) is 0 Å². The maximum Gasteiger partial charge on any atom is 0.115 e. The highest BCUT2D eigenvalue weighted by Gasteiger charge is 2.28. The minimum absolute atomic E-state index is 0.302. The Morgan fingerprint density at radius 3 is 2.33 bits per heavy atom. The molecule has 1 atom stereocenters. The van der Waals surface area contributed by atoms with E-state index in [1.807, 2.05) is 12.1 Å². The van der Waals surface area contributed by atoms with Crippen molar-refractivity contribution >= 4 is 11.4 Å². The third-order valence-electron chi connectivity index (χ3n) is 4.84. The molecule has 2 nitrogen and oxygen atoms in total. The van der Waals surface area contributed by atoms with Gasteiger partial charge < -0.3 is 10.0 Å². The van der Waals surface area contributed by atoms with Gasteiger partial charge in [0.2, 0.25) is 0 Å². The predicted molar refractivity (Wildman–Crippen MR) is 98.9 cm³/mol. The van der Waals surface area contributed by atoms with Crippen LogP contribution >= 0.6 is 0 Å². The minimum Gasteiger partial charge on any atom is -0.508 e. The van der Waals surface area contributed by atoms with Crippen molar-refractivity contribution in [3.63, 3.8) is 0 Å². The van der Waals surface area contributed by atoms with Crippen LogP contribution in [-0.4, -0.2) is 5.11 Å². The van der Waals surface area contributed by atoms with Crippen molar-refractivity contribution in [2.24, 2.45) is 0 Å². The van der Waals surface area contributed by atoms with Gasteiger partial charge in [0.1, 0.15) is 5.75 Å². The van der Waals surface area contributed by atoms with Crippen LogP contribution in [0.1, 0.15) is 29.2 Å². The molecule has 0 fully saturated rings. The fourth-order valence-electron chi connectivity index (χ4n) is 3.58. The van der Waals surface area contributed by atoms with Crippen LogP contribution in [0.25, 0.3) is 0 Å². The Balaban J connectivity index is 1.83. The molecule has 0 saturated heterocycles. The van der Waals surface area contributed by atoms with Crippen LogP contribution in [-0.2, 0) is 6.42 Å². The Labute approximate surface area is 143 Å². The Morgan fingerprint density at radius 2 is 1.58 bits per heavy atom. The first kappa shape index (κ1) is 14.8. The van der Waals surface area contributed by atoms with Gasteiger partial charge in [0.25, 0.3) is 0 Å². The average Bonchev–Trinajstić information content (AvgIpc) is 2.62. The lowest BCUT2D eigenvalue weighted by molar-refractivity contribution is 0.475. The van der Waals surface area contributed by atoms with Crippen LogP contribution in [0.5, 0.6) is 5.75 Å². The number of anilines is 2. The second-order valence-corrected chi connectivity index (χ2v) is 6.48. The first-order chi connectivity index (χ1) is 11.7. The molecule has 1 aliphatic heterocycles. The van der Waals surface area contributed by atoms with Gasteiger partial charge in [-0.1, -0.05) is 48.0 Å². The van der Waals surface area contributed by atoms with Crippen LogP contribution in [0.2, 0.25) is 0 Å². The number of benzene rings is 3. The van der Waals surface area contributed by atoms with E-state index in [0.29, 0.717) is 11.8 Å². The fourth-order valence-corrected chi connectivity index (χ4v) is 3.58. The van der Waals surface area contributed by atoms with Crippen molar-refractivity contribution in [1.82, 2.24) is 0 Å². The monoisotopic (exact) mass is 315 g/mol. The van der Waals surface area contributed by atoms with E-state index in [2.05, 4.69) is 60.4 Å². The van der Waals surface area contributed by atoms with Crippen molar-refractivity contribution in [3.05, 3.63) is 89.5 Å². The summed E-state index contributed by atoms with van der Waals surface area (Å²) >= 11 is 0. The van der Waals surface area contributed by atoms with E-state index >= 15 is 0 Å². The Morgan fingerprint density at radius 1 is 0.875 bits per heavy atom. The highest BCUT2D eigenvalue weighted by Crippen LogP contribution is 2.43. The van der Waals surface area contributed by atoms with Crippen molar-refractivity contribution in [2.75, 3.05) is 4.90 Å². The Hall–Kier alpha value is -2.74. The second kappa shape index (κ2) is 6.04. The number of fused-ring (bicyclic) bond motifs is 1. The largest absolute Gasteiger partial charge is 0.508 e. The lowest BCUT2D eigenvalue weighted by atomic mass is 9.90. The summed E-state index contributed by atoms with van der Waals surface area (Å²) in [5, 5.41) is 9.65. The maximum atomic E-state index is 9.65. The number of para-hydroxylation sites is 1. The zero-order valence-electron chi connectivity index (χ0n) is 13.8. The lowest BCUT2D eigenvalue weighted by Crippen LogP contribution is -2.29. The summed E-state index contributed by atoms with van der Waals surface area (Å²) in [6.45, 7) is 2.12. The molecule has 0 radical (unpaired) electrons. The van der Waals surface area contributed by atoms with Gasteiger partial charge in [-0.3, -0.25) is 0 Å². The first-order valence-electron chi connectivity index (χ1n) is 8.45. The van der Waals surface area contributed by atoms with E-state index in [0.717, 1.165) is 18.5 Å². The van der Waals surface area contributed by atoms with E-state index in [1.165, 1.54) is 22.4 Å². The molecule has 1 heterocycles. The minimum atomic E-state index is 0.302. The highest BCUT2D eigenvalue weighted by molar-refractivity contribution is 5.70. The van der Waals surface area contributed by atoms with Gasteiger partial charge in [-0.15, -0.1) is 0 Å². The molecule has 0 spiro atoms. The zero-order chi connectivity index (χ0) is 16.5. The van der Waals surface area contributed by atoms with Gasteiger partial charge in [-0.05, 0) is 61.2 Å².